The number of amides is 1. The van der Waals surface area contributed by atoms with Crippen LogP contribution >= 0.6 is 11.3 Å². The van der Waals surface area contributed by atoms with Gasteiger partial charge in [0, 0.05) is 16.8 Å². The molecule has 2 aromatic carbocycles. The highest BCUT2D eigenvalue weighted by Crippen LogP contribution is 2.45. The topological polar surface area (TPSA) is 77.0 Å². The summed E-state index contributed by atoms with van der Waals surface area (Å²) in [5.74, 6) is 0.780. The molecule has 1 amide bonds. The minimum absolute atomic E-state index is 0.183. The number of carbonyl (C=O) groups excluding carboxylic acids is 2. The second kappa shape index (κ2) is 11.3. The number of rotatable bonds is 7. The second-order valence-electron chi connectivity index (χ2n) is 10.3. The van der Waals surface area contributed by atoms with E-state index in [2.05, 4.69) is 26.1 Å². The van der Waals surface area contributed by atoms with Gasteiger partial charge in [0.15, 0.2) is 0 Å². The molecule has 7 heteroatoms. The summed E-state index contributed by atoms with van der Waals surface area (Å²) < 4.78 is 10.3. The minimum atomic E-state index is -0.379. The SMILES string of the molecule is CCOC(=O)c1ccc(NC(=O)c2c(N=Cc3ccc(OC)cc3)sc3c2CCC(C(C)(C)C)C3)cc1. The summed E-state index contributed by atoms with van der Waals surface area (Å²) in [5.41, 5.74) is 3.95. The summed E-state index contributed by atoms with van der Waals surface area (Å²) in [6, 6.07) is 14.4. The second-order valence-corrected chi connectivity index (χ2v) is 11.4. The standard InChI is InChI=1S/C30H34N2O4S/c1-6-36-29(34)20-9-12-22(13-10-20)32-27(33)26-24-16-11-21(30(2,3)4)17-25(24)37-28(26)31-18-19-7-14-23(35-5)15-8-19/h7-10,12-15,18,21H,6,11,16-17H2,1-5H3,(H,32,33). The van der Waals surface area contributed by atoms with Gasteiger partial charge >= 0.3 is 5.97 Å². The summed E-state index contributed by atoms with van der Waals surface area (Å²) in [4.78, 5) is 31.6. The Morgan fingerprint density at radius 1 is 1.11 bits per heavy atom. The van der Waals surface area contributed by atoms with E-state index in [1.807, 2.05) is 24.3 Å². The van der Waals surface area contributed by atoms with Crippen LogP contribution < -0.4 is 10.1 Å². The van der Waals surface area contributed by atoms with Crippen LogP contribution in [0, 0.1) is 11.3 Å². The summed E-state index contributed by atoms with van der Waals surface area (Å²) >= 11 is 1.61. The van der Waals surface area contributed by atoms with Crippen LogP contribution in [-0.2, 0) is 17.6 Å². The van der Waals surface area contributed by atoms with E-state index < -0.39 is 0 Å². The Labute approximate surface area is 222 Å². The summed E-state index contributed by atoms with van der Waals surface area (Å²) in [6.07, 6.45) is 4.65. The molecule has 1 atom stereocenters. The van der Waals surface area contributed by atoms with E-state index in [0.29, 0.717) is 29.3 Å². The molecule has 1 heterocycles. The molecule has 6 nitrogen and oxygen atoms in total. The molecular weight excluding hydrogens is 484 g/mol. The zero-order valence-electron chi connectivity index (χ0n) is 22.1. The van der Waals surface area contributed by atoms with E-state index >= 15 is 0 Å². The van der Waals surface area contributed by atoms with Gasteiger partial charge in [-0.1, -0.05) is 20.8 Å². The van der Waals surface area contributed by atoms with E-state index in [1.54, 1.807) is 55.9 Å². The Hall–Kier alpha value is -3.45. The third kappa shape index (κ3) is 6.28. The Bertz CT molecular complexity index is 1280. The van der Waals surface area contributed by atoms with Crippen molar-refractivity contribution in [3.63, 3.8) is 0 Å². The van der Waals surface area contributed by atoms with Crippen LogP contribution in [0.5, 0.6) is 5.75 Å². The molecule has 0 fully saturated rings. The smallest absolute Gasteiger partial charge is 0.338 e. The number of hydrogen-bond acceptors (Lipinski definition) is 6. The molecule has 4 rings (SSSR count). The van der Waals surface area contributed by atoms with Crippen LogP contribution in [0.25, 0.3) is 0 Å². The van der Waals surface area contributed by atoms with Gasteiger partial charge in [-0.2, -0.15) is 0 Å². The Morgan fingerprint density at radius 2 is 1.81 bits per heavy atom. The molecule has 3 aromatic rings. The number of anilines is 1. The molecule has 1 aromatic heterocycles. The van der Waals surface area contributed by atoms with Gasteiger partial charge in [0.1, 0.15) is 10.8 Å². The number of carbonyl (C=O) groups is 2. The number of thiophene rings is 1. The number of nitrogens with zero attached hydrogens (tertiary/aromatic N) is 1. The molecule has 1 aliphatic carbocycles. The van der Waals surface area contributed by atoms with E-state index in [9.17, 15) is 9.59 Å². The van der Waals surface area contributed by atoms with Crippen LogP contribution in [-0.4, -0.2) is 31.8 Å². The first-order valence-corrected chi connectivity index (χ1v) is 13.4. The quantitative estimate of drug-likeness (QED) is 0.268. The fourth-order valence-corrected chi connectivity index (χ4v) is 5.83. The maximum Gasteiger partial charge on any atom is 0.338 e. The zero-order chi connectivity index (χ0) is 26.6. The van der Waals surface area contributed by atoms with Gasteiger partial charge in [0.25, 0.3) is 5.91 Å². The van der Waals surface area contributed by atoms with Crippen molar-refractivity contribution in [1.29, 1.82) is 0 Å². The molecule has 0 saturated heterocycles. The van der Waals surface area contributed by atoms with Gasteiger partial charge in [0.2, 0.25) is 0 Å². The lowest BCUT2D eigenvalue weighted by Crippen LogP contribution is -2.27. The van der Waals surface area contributed by atoms with E-state index in [1.165, 1.54) is 4.88 Å². The first kappa shape index (κ1) is 26.6. The molecule has 194 valence electrons. The highest BCUT2D eigenvalue weighted by molar-refractivity contribution is 7.16. The molecule has 1 aliphatic rings. The number of hydrogen-bond donors (Lipinski definition) is 1. The van der Waals surface area contributed by atoms with Crippen LogP contribution in [0.4, 0.5) is 10.7 Å². The van der Waals surface area contributed by atoms with E-state index in [-0.39, 0.29) is 17.3 Å². The molecule has 0 radical (unpaired) electrons. The molecule has 1 N–H and O–H groups in total. The first-order valence-electron chi connectivity index (χ1n) is 12.6. The Balaban J connectivity index is 1.63. The van der Waals surface area contributed by atoms with Gasteiger partial charge in [-0.05, 0) is 97.2 Å². The van der Waals surface area contributed by atoms with Gasteiger partial charge in [0.05, 0.1) is 24.8 Å². The average Bonchev–Trinajstić information content (AvgIpc) is 3.25. The predicted molar refractivity (Wildman–Crippen MR) is 150 cm³/mol. The van der Waals surface area contributed by atoms with Gasteiger partial charge in [-0.3, -0.25) is 4.79 Å². The van der Waals surface area contributed by atoms with Crippen molar-refractivity contribution in [3.05, 3.63) is 75.7 Å². The van der Waals surface area contributed by atoms with Crippen LogP contribution in [0.3, 0.4) is 0 Å². The largest absolute Gasteiger partial charge is 0.497 e. The molecule has 0 aliphatic heterocycles. The molecule has 0 saturated carbocycles. The monoisotopic (exact) mass is 518 g/mol. The predicted octanol–water partition coefficient (Wildman–Crippen LogP) is 7.09. The van der Waals surface area contributed by atoms with Crippen molar-refractivity contribution in [2.24, 2.45) is 16.3 Å². The maximum atomic E-state index is 13.6. The van der Waals surface area contributed by atoms with E-state index in [0.717, 1.165) is 41.1 Å². The molecule has 0 spiro atoms. The minimum Gasteiger partial charge on any atom is -0.497 e. The number of nitrogens with one attached hydrogen (secondary N) is 1. The fourth-order valence-electron chi connectivity index (χ4n) is 4.56. The number of fused-ring (bicyclic) bond motifs is 1. The van der Waals surface area contributed by atoms with Crippen molar-refractivity contribution in [3.8, 4) is 5.75 Å². The lowest BCUT2D eigenvalue weighted by molar-refractivity contribution is 0.0526. The lowest BCUT2D eigenvalue weighted by Gasteiger charge is -2.33. The third-order valence-corrected chi connectivity index (χ3v) is 7.96. The van der Waals surface area contributed by atoms with Gasteiger partial charge < -0.3 is 14.8 Å². The number of ether oxygens (including phenoxy) is 2. The number of esters is 1. The number of aliphatic imine (C=N–C) groups is 1. The van der Waals surface area contributed by atoms with Gasteiger partial charge in [-0.15, -0.1) is 11.3 Å². The van der Waals surface area contributed by atoms with Crippen molar-refractivity contribution >= 4 is 40.1 Å². The molecule has 0 bridgehead atoms. The normalized spacial score (nSPS) is 15.3. The highest BCUT2D eigenvalue weighted by Gasteiger charge is 2.33. The maximum absolute atomic E-state index is 13.6. The summed E-state index contributed by atoms with van der Waals surface area (Å²) in [7, 11) is 1.64. The lowest BCUT2D eigenvalue weighted by atomic mass is 9.72. The van der Waals surface area contributed by atoms with Crippen LogP contribution in [0.2, 0.25) is 0 Å². The molecule has 37 heavy (non-hydrogen) atoms. The van der Waals surface area contributed by atoms with Crippen molar-refractivity contribution in [2.45, 2.75) is 47.0 Å². The molecular formula is C30H34N2O4S. The number of methoxy groups -OCH3 is 1. The van der Waals surface area contributed by atoms with Crippen LogP contribution in [0.15, 0.2) is 53.5 Å². The van der Waals surface area contributed by atoms with Crippen molar-refractivity contribution in [2.75, 3.05) is 19.0 Å². The first-order chi connectivity index (χ1) is 17.7. The van der Waals surface area contributed by atoms with Crippen molar-refractivity contribution in [1.82, 2.24) is 0 Å². The van der Waals surface area contributed by atoms with Crippen LogP contribution in [0.1, 0.15) is 70.8 Å². The van der Waals surface area contributed by atoms with Crippen molar-refractivity contribution < 1.29 is 19.1 Å². The summed E-state index contributed by atoms with van der Waals surface area (Å²) in [5, 5.41) is 3.73. The Kier molecular flexibility index (Phi) is 8.13. The number of benzene rings is 2. The highest BCUT2D eigenvalue weighted by atomic mass is 32.1. The van der Waals surface area contributed by atoms with Gasteiger partial charge in [-0.25, -0.2) is 9.79 Å². The zero-order valence-corrected chi connectivity index (χ0v) is 22.9. The van der Waals surface area contributed by atoms with E-state index in [4.69, 9.17) is 14.5 Å². The fraction of sp³-hybridized carbons (Fsp3) is 0.367. The molecule has 1 unspecified atom stereocenters. The Morgan fingerprint density at radius 3 is 2.43 bits per heavy atom. The third-order valence-electron chi connectivity index (χ3n) is 6.80. The summed E-state index contributed by atoms with van der Waals surface area (Å²) in [6.45, 7) is 8.94. The average molecular weight is 519 g/mol.